The van der Waals surface area contributed by atoms with Gasteiger partial charge in [0.05, 0.1) is 12.6 Å². The van der Waals surface area contributed by atoms with Crippen molar-refractivity contribution in [3.8, 4) is 0 Å². The van der Waals surface area contributed by atoms with Crippen molar-refractivity contribution in [3.05, 3.63) is 23.9 Å². The zero-order chi connectivity index (χ0) is 13.5. The van der Waals surface area contributed by atoms with Crippen molar-refractivity contribution in [1.82, 2.24) is 10.3 Å². The maximum atomic E-state index is 11.8. The van der Waals surface area contributed by atoms with Crippen molar-refractivity contribution in [2.75, 3.05) is 11.9 Å². The Morgan fingerprint density at radius 1 is 1.50 bits per heavy atom. The number of carbonyl (C=O) groups excluding carboxylic acids is 2. The van der Waals surface area contributed by atoms with Gasteiger partial charge in [-0.3, -0.25) is 9.59 Å². The molecule has 1 unspecified atom stereocenters. The lowest BCUT2D eigenvalue weighted by Crippen LogP contribution is -2.36. The molecule has 1 aromatic rings. The Morgan fingerprint density at radius 3 is 2.78 bits per heavy atom. The van der Waals surface area contributed by atoms with Crippen LogP contribution in [0, 0.1) is 0 Å². The summed E-state index contributed by atoms with van der Waals surface area (Å²) in [6.07, 6.45) is 2.09. The SMILES string of the molecule is CCC(CO)NC(=O)c1ccnc(NC(C)=O)c1. The van der Waals surface area contributed by atoms with Crippen LogP contribution in [0.2, 0.25) is 0 Å². The highest BCUT2D eigenvalue weighted by Gasteiger charge is 2.12. The van der Waals surface area contributed by atoms with E-state index in [1.807, 2.05) is 6.92 Å². The van der Waals surface area contributed by atoms with Crippen LogP contribution in [0.4, 0.5) is 5.82 Å². The van der Waals surface area contributed by atoms with E-state index in [1.165, 1.54) is 19.2 Å². The van der Waals surface area contributed by atoms with E-state index in [4.69, 9.17) is 5.11 Å². The Balaban J connectivity index is 2.76. The third-order valence-corrected chi connectivity index (χ3v) is 2.37. The number of nitrogens with zero attached hydrogens (tertiary/aromatic N) is 1. The molecule has 0 aliphatic heterocycles. The highest BCUT2D eigenvalue weighted by molar-refractivity contribution is 5.96. The molecule has 98 valence electrons. The molecule has 6 heteroatoms. The molecule has 0 aliphatic carbocycles. The summed E-state index contributed by atoms with van der Waals surface area (Å²) in [5.74, 6) is -0.223. The molecular weight excluding hydrogens is 234 g/mol. The number of anilines is 1. The van der Waals surface area contributed by atoms with Crippen molar-refractivity contribution in [3.63, 3.8) is 0 Å². The predicted octanol–water partition coefficient (Wildman–Crippen LogP) is 0.541. The first-order valence-electron chi connectivity index (χ1n) is 5.72. The van der Waals surface area contributed by atoms with Crippen LogP contribution in [0.1, 0.15) is 30.6 Å². The highest BCUT2D eigenvalue weighted by Crippen LogP contribution is 2.07. The smallest absolute Gasteiger partial charge is 0.251 e. The summed E-state index contributed by atoms with van der Waals surface area (Å²) >= 11 is 0. The summed E-state index contributed by atoms with van der Waals surface area (Å²) in [5.41, 5.74) is 0.389. The summed E-state index contributed by atoms with van der Waals surface area (Å²) in [6.45, 7) is 3.13. The van der Waals surface area contributed by atoms with Gasteiger partial charge in [0, 0.05) is 18.7 Å². The molecule has 0 aromatic carbocycles. The van der Waals surface area contributed by atoms with Gasteiger partial charge in [0.25, 0.3) is 5.91 Å². The number of hydrogen-bond acceptors (Lipinski definition) is 4. The second-order valence-corrected chi connectivity index (χ2v) is 3.87. The van der Waals surface area contributed by atoms with E-state index in [2.05, 4.69) is 15.6 Å². The van der Waals surface area contributed by atoms with Gasteiger partial charge in [-0.15, -0.1) is 0 Å². The normalized spacial score (nSPS) is 11.7. The largest absolute Gasteiger partial charge is 0.394 e. The summed E-state index contributed by atoms with van der Waals surface area (Å²) < 4.78 is 0. The van der Waals surface area contributed by atoms with Crippen LogP contribution in [0.5, 0.6) is 0 Å². The molecule has 2 amide bonds. The third kappa shape index (κ3) is 4.14. The summed E-state index contributed by atoms with van der Waals surface area (Å²) in [7, 11) is 0. The third-order valence-electron chi connectivity index (χ3n) is 2.37. The van der Waals surface area contributed by atoms with Crippen LogP contribution in [-0.2, 0) is 4.79 Å². The number of rotatable bonds is 5. The van der Waals surface area contributed by atoms with Crippen LogP contribution in [-0.4, -0.2) is 34.6 Å². The maximum absolute atomic E-state index is 11.8. The molecule has 1 aromatic heterocycles. The number of nitrogens with one attached hydrogen (secondary N) is 2. The van der Waals surface area contributed by atoms with E-state index < -0.39 is 0 Å². The minimum Gasteiger partial charge on any atom is -0.394 e. The van der Waals surface area contributed by atoms with Gasteiger partial charge < -0.3 is 15.7 Å². The molecule has 3 N–H and O–H groups in total. The van der Waals surface area contributed by atoms with Gasteiger partial charge in [0.1, 0.15) is 5.82 Å². The predicted molar refractivity (Wildman–Crippen MR) is 67.2 cm³/mol. The van der Waals surface area contributed by atoms with Crippen LogP contribution in [0.15, 0.2) is 18.3 Å². The van der Waals surface area contributed by atoms with Crippen molar-refractivity contribution >= 4 is 17.6 Å². The van der Waals surface area contributed by atoms with Crippen molar-refractivity contribution < 1.29 is 14.7 Å². The van der Waals surface area contributed by atoms with Crippen LogP contribution < -0.4 is 10.6 Å². The van der Waals surface area contributed by atoms with Gasteiger partial charge in [0.15, 0.2) is 0 Å². The molecule has 0 saturated heterocycles. The number of hydrogen-bond donors (Lipinski definition) is 3. The second-order valence-electron chi connectivity index (χ2n) is 3.87. The molecule has 6 nitrogen and oxygen atoms in total. The van der Waals surface area contributed by atoms with E-state index in [0.717, 1.165) is 0 Å². The number of pyridine rings is 1. The van der Waals surface area contributed by atoms with E-state index in [9.17, 15) is 9.59 Å². The molecule has 18 heavy (non-hydrogen) atoms. The Hall–Kier alpha value is -1.95. The standard InChI is InChI=1S/C12H17N3O3/c1-3-10(7-16)15-12(18)9-4-5-13-11(6-9)14-8(2)17/h4-6,10,16H,3,7H2,1-2H3,(H,15,18)(H,13,14,17). The van der Waals surface area contributed by atoms with Crippen molar-refractivity contribution in [2.45, 2.75) is 26.3 Å². The van der Waals surface area contributed by atoms with Gasteiger partial charge in [0.2, 0.25) is 5.91 Å². The molecule has 1 rings (SSSR count). The molecule has 0 bridgehead atoms. The maximum Gasteiger partial charge on any atom is 0.251 e. The van der Waals surface area contributed by atoms with Gasteiger partial charge in [-0.25, -0.2) is 4.98 Å². The lowest BCUT2D eigenvalue weighted by Gasteiger charge is -2.14. The number of amides is 2. The average Bonchev–Trinajstić information content (AvgIpc) is 2.35. The van der Waals surface area contributed by atoms with Gasteiger partial charge >= 0.3 is 0 Å². The Labute approximate surface area is 105 Å². The molecule has 0 spiro atoms. The van der Waals surface area contributed by atoms with Gasteiger partial charge in [-0.1, -0.05) is 6.92 Å². The summed E-state index contributed by atoms with van der Waals surface area (Å²) in [4.78, 5) is 26.6. The number of carbonyl (C=O) groups is 2. The van der Waals surface area contributed by atoms with E-state index >= 15 is 0 Å². The lowest BCUT2D eigenvalue weighted by molar-refractivity contribution is -0.114. The first-order valence-corrected chi connectivity index (χ1v) is 5.72. The quantitative estimate of drug-likeness (QED) is 0.712. The minimum absolute atomic E-state index is 0.105. The van der Waals surface area contributed by atoms with E-state index in [1.54, 1.807) is 6.07 Å². The highest BCUT2D eigenvalue weighted by atomic mass is 16.3. The molecule has 0 saturated carbocycles. The molecule has 0 fully saturated rings. The molecule has 0 aliphatic rings. The minimum atomic E-state index is -0.301. The number of aliphatic hydroxyl groups excluding tert-OH is 1. The lowest BCUT2D eigenvalue weighted by atomic mass is 10.2. The fourth-order valence-corrected chi connectivity index (χ4v) is 1.37. The first-order chi connectivity index (χ1) is 8.56. The Morgan fingerprint density at radius 2 is 2.22 bits per heavy atom. The molecular formula is C12H17N3O3. The Kier molecular flexibility index (Phi) is 5.26. The molecule has 1 heterocycles. The fraction of sp³-hybridized carbons (Fsp3) is 0.417. The number of aromatic nitrogens is 1. The second kappa shape index (κ2) is 6.70. The zero-order valence-electron chi connectivity index (χ0n) is 10.4. The zero-order valence-corrected chi connectivity index (χ0v) is 10.4. The van der Waals surface area contributed by atoms with E-state index in [-0.39, 0.29) is 24.5 Å². The van der Waals surface area contributed by atoms with E-state index in [0.29, 0.717) is 17.8 Å². The number of aliphatic hydroxyl groups is 1. The Bertz CT molecular complexity index is 430. The van der Waals surface area contributed by atoms with Gasteiger partial charge in [-0.2, -0.15) is 0 Å². The van der Waals surface area contributed by atoms with Crippen LogP contribution >= 0.6 is 0 Å². The monoisotopic (exact) mass is 251 g/mol. The van der Waals surface area contributed by atoms with Gasteiger partial charge in [-0.05, 0) is 18.6 Å². The topological polar surface area (TPSA) is 91.3 Å². The van der Waals surface area contributed by atoms with Crippen LogP contribution in [0.25, 0.3) is 0 Å². The average molecular weight is 251 g/mol. The van der Waals surface area contributed by atoms with Crippen molar-refractivity contribution in [1.29, 1.82) is 0 Å². The summed E-state index contributed by atoms with van der Waals surface area (Å²) in [6, 6.07) is 2.76. The van der Waals surface area contributed by atoms with Crippen molar-refractivity contribution in [2.24, 2.45) is 0 Å². The molecule has 0 radical (unpaired) electrons. The molecule has 1 atom stereocenters. The summed E-state index contributed by atoms with van der Waals surface area (Å²) in [5, 5.41) is 14.2. The fourth-order valence-electron chi connectivity index (χ4n) is 1.37. The first kappa shape index (κ1) is 14.1. The van der Waals surface area contributed by atoms with Crippen LogP contribution in [0.3, 0.4) is 0 Å².